The lowest BCUT2D eigenvalue weighted by Gasteiger charge is -2.09. The van der Waals surface area contributed by atoms with Crippen LogP contribution in [0.4, 0.5) is 0 Å². The molecule has 2 amide bonds. The Morgan fingerprint density at radius 1 is 1.05 bits per heavy atom. The molecule has 0 saturated heterocycles. The Balaban J connectivity index is 2.35. The average Bonchev–Trinajstić information content (AvgIpc) is 2.33. The molecule has 1 rings (SSSR count). The fraction of sp³-hybridized carbons (Fsp3) is 0.429. The van der Waals surface area contributed by atoms with Gasteiger partial charge in [-0.1, -0.05) is 13.0 Å². The molecule has 5 nitrogen and oxygen atoms in total. The summed E-state index contributed by atoms with van der Waals surface area (Å²) in [5.41, 5.74) is 6.78. The SMILES string of the molecule is CCCC(=O)NNC(=O)COc1cc(C)cc(C)c1. The highest BCUT2D eigenvalue weighted by Gasteiger charge is 2.05. The molecule has 0 aliphatic heterocycles. The predicted molar refractivity (Wildman–Crippen MR) is 72.6 cm³/mol. The van der Waals surface area contributed by atoms with E-state index >= 15 is 0 Å². The van der Waals surface area contributed by atoms with E-state index in [1.807, 2.05) is 39.0 Å². The Morgan fingerprint density at radius 2 is 1.63 bits per heavy atom. The number of ether oxygens (including phenoxy) is 1. The summed E-state index contributed by atoms with van der Waals surface area (Å²) in [6.45, 7) is 5.69. The maximum absolute atomic E-state index is 11.4. The van der Waals surface area contributed by atoms with Gasteiger partial charge in [-0.2, -0.15) is 0 Å². The summed E-state index contributed by atoms with van der Waals surface area (Å²) in [6.07, 6.45) is 1.12. The molecule has 5 heteroatoms. The molecule has 104 valence electrons. The average molecular weight is 264 g/mol. The third kappa shape index (κ3) is 5.90. The van der Waals surface area contributed by atoms with E-state index in [0.29, 0.717) is 12.2 Å². The summed E-state index contributed by atoms with van der Waals surface area (Å²) in [5, 5.41) is 0. The molecule has 0 radical (unpaired) electrons. The van der Waals surface area contributed by atoms with Gasteiger partial charge in [0, 0.05) is 6.42 Å². The Hall–Kier alpha value is -2.04. The van der Waals surface area contributed by atoms with Crippen molar-refractivity contribution in [3.8, 4) is 5.75 Å². The van der Waals surface area contributed by atoms with Crippen LogP contribution >= 0.6 is 0 Å². The molecule has 0 bridgehead atoms. The number of hydrogen-bond donors (Lipinski definition) is 2. The van der Waals surface area contributed by atoms with Crippen LogP contribution in [0, 0.1) is 13.8 Å². The first-order chi connectivity index (χ1) is 9.01. The zero-order valence-electron chi connectivity index (χ0n) is 11.6. The van der Waals surface area contributed by atoms with Gasteiger partial charge in [-0.3, -0.25) is 20.4 Å². The minimum atomic E-state index is -0.386. The number of hydrogen-bond acceptors (Lipinski definition) is 3. The van der Waals surface area contributed by atoms with Crippen molar-refractivity contribution < 1.29 is 14.3 Å². The van der Waals surface area contributed by atoms with Crippen LogP contribution in [0.2, 0.25) is 0 Å². The molecule has 0 aliphatic carbocycles. The van der Waals surface area contributed by atoms with Crippen molar-refractivity contribution in [3.63, 3.8) is 0 Å². The number of carbonyl (C=O) groups is 2. The molecule has 2 N–H and O–H groups in total. The zero-order valence-corrected chi connectivity index (χ0v) is 11.6. The van der Waals surface area contributed by atoms with Crippen LogP contribution in [0.1, 0.15) is 30.9 Å². The van der Waals surface area contributed by atoms with Crippen LogP contribution in [0.25, 0.3) is 0 Å². The van der Waals surface area contributed by atoms with Crippen molar-refractivity contribution >= 4 is 11.8 Å². The first-order valence-corrected chi connectivity index (χ1v) is 6.30. The quantitative estimate of drug-likeness (QED) is 0.794. The first-order valence-electron chi connectivity index (χ1n) is 6.30. The Kier molecular flexibility index (Phi) is 5.85. The van der Waals surface area contributed by atoms with Crippen molar-refractivity contribution in [3.05, 3.63) is 29.3 Å². The molecule has 0 fully saturated rings. The van der Waals surface area contributed by atoms with Gasteiger partial charge in [0.15, 0.2) is 6.61 Å². The molecular formula is C14H20N2O3. The number of aryl methyl sites for hydroxylation is 2. The van der Waals surface area contributed by atoms with E-state index in [4.69, 9.17) is 4.74 Å². The molecule has 0 spiro atoms. The second-order valence-electron chi connectivity index (χ2n) is 4.46. The van der Waals surface area contributed by atoms with Crippen LogP contribution < -0.4 is 15.6 Å². The lowest BCUT2D eigenvalue weighted by atomic mass is 10.1. The first kappa shape index (κ1) is 15.0. The molecule has 0 saturated carbocycles. The van der Waals surface area contributed by atoms with Gasteiger partial charge < -0.3 is 4.74 Å². The summed E-state index contributed by atoms with van der Waals surface area (Å²) in [5.74, 6) is 0.0541. The molecule has 0 atom stereocenters. The fourth-order valence-electron chi connectivity index (χ4n) is 1.63. The lowest BCUT2D eigenvalue weighted by molar-refractivity contribution is -0.130. The number of nitrogens with one attached hydrogen (secondary N) is 2. The third-order valence-corrected chi connectivity index (χ3v) is 2.38. The van der Waals surface area contributed by atoms with Crippen LogP contribution in [0.15, 0.2) is 18.2 Å². The number of carbonyl (C=O) groups excluding carboxylic acids is 2. The molecule has 0 heterocycles. The summed E-state index contributed by atoms with van der Waals surface area (Å²) < 4.78 is 5.36. The smallest absolute Gasteiger partial charge is 0.276 e. The highest BCUT2D eigenvalue weighted by molar-refractivity contribution is 5.82. The number of benzene rings is 1. The van der Waals surface area contributed by atoms with Gasteiger partial charge in [0.1, 0.15) is 5.75 Å². The predicted octanol–water partition coefficient (Wildman–Crippen LogP) is 1.63. The summed E-state index contributed by atoms with van der Waals surface area (Å²) in [4.78, 5) is 22.6. The van der Waals surface area contributed by atoms with Crippen molar-refractivity contribution in [1.29, 1.82) is 0 Å². The van der Waals surface area contributed by atoms with Gasteiger partial charge in [0.2, 0.25) is 5.91 Å². The lowest BCUT2D eigenvalue weighted by Crippen LogP contribution is -2.43. The number of hydrazine groups is 1. The monoisotopic (exact) mass is 264 g/mol. The largest absolute Gasteiger partial charge is 0.484 e. The molecular weight excluding hydrogens is 244 g/mol. The molecule has 19 heavy (non-hydrogen) atoms. The minimum absolute atomic E-state index is 0.130. The van der Waals surface area contributed by atoms with Gasteiger partial charge in [-0.25, -0.2) is 0 Å². The maximum Gasteiger partial charge on any atom is 0.276 e. The van der Waals surface area contributed by atoms with E-state index in [1.54, 1.807) is 0 Å². The van der Waals surface area contributed by atoms with E-state index in [2.05, 4.69) is 10.9 Å². The molecule has 0 aromatic heterocycles. The fourth-order valence-corrected chi connectivity index (χ4v) is 1.63. The van der Waals surface area contributed by atoms with Crippen LogP contribution in [0.5, 0.6) is 5.75 Å². The Bertz CT molecular complexity index is 438. The van der Waals surface area contributed by atoms with E-state index < -0.39 is 0 Å². The highest BCUT2D eigenvalue weighted by atomic mass is 16.5. The third-order valence-electron chi connectivity index (χ3n) is 2.38. The second kappa shape index (κ2) is 7.41. The normalized spacial score (nSPS) is 9.84. The Morgan fingerprint density at radius 3 is 2.21 bits per heavy atom. The van der Waals surface area contributed by atoms with E-state index in [0.717, 1.165) is 17.5 Å². The maximum atomic E-state index is 11.4. The van der Waals surface area contributed by atoms with Crippen LogP contribution in [-0.2, 0) is 9.59 Å². The number of amides is 2. The van der Waals surface area contributed by atoms with E-state index in [-0.39, 0.29) is 18.4 Å². The van der Waals surface area contributed by atoms with E-state index in [9.17, 15) is 9.59 Å². The molecule has 1 aromatic carbocycles. The standard InChI is InChI=1S/C14H20N2O3/c1-4-5-13(17)15-16-14(18)9-19-12-7-10(2)6-11(3)8-12/h6-8H,4-5,9H2,1-3H3,(H,15,17)(H,16,18). The summed E-state index contributed by atoms with van der Waals surface area (Å²) >= 11 is 0. The Labute approximate surface area is 113 Å². The van der Waals surface area contributed by atoms with Crippen molar-refractivity contribution in [2.75, 3.05) is 6.61 Å². The van der Waals surface area contributed by atoms with Gasteiger partial charge in [0.25, 0.3) is 5.91 Å². The number of rotatable bonds is 5. The van der Waals surface area contributed by atoms with Gasteiger partial charge >= 0.3 is 0 Å². The van der Waals surface area contributed by atoms with Crippen molar-refractivity contribution in [2.24, 2.45) is 0 Å². The van der Waals surface area contributed by atoms with Gasteiger partial charge in [-0.05, 0) is 43.5 Å². The van der Waals surface area contributed by atoms with Crippen LogP contribution in [0.3, 0.4) is 0 Å². The summed E-state index contributed by atoms with van der Waals surface area (Å²) in [6, 6.07) is 5.74. The molecule has 1 aromatic rings. The minimum Gasteiger partial charge on any atom is -0.484 e. The van der Waals surface area contributed by atoms with Gasteiger partial charge in [-0.15, -0.1) is 0 Å². The topological polar surface area (TPSA) is 67.4 Å². The van der Waals surface area contributed by atoms with Gasteiger partial charge in [0.05, 0.1) is 0 Å². The zero-order chi connectivity index (χ0) is 14.3. The summed E-state index contributed by atoms with van der Waals surface area (Å²) in [7, 11) is 0. The van der Waals surface area contributed by atoms with Crippen LogP contribution in [-0.4, -0.2) is 18.4 Å². The van der Waals surface area contributed by atoms with Crippen molar-refractivity contribution in [1.82, 2.24) is 10.9 Å². The molecule has 0 unspecified atom stereocenters. The highest BCUT2D eigenvalue weighted by Crippen LogP contribution is 2.15. The molecule has 0 aliphatic rings. The van der Waals surface area contributed by atoms with Crippen molar-refractivity contribution in [2.45, 2.75) is 33.6 Å². The second-order valence-corrected chi connectivity index (χ2v) is 4.46. The van der Waals surface area contributed by atoms with E-state index in [1.165, 1.54) is 0 Å².